The third-order valence-corrected chi connectivity index (χ3v) is 4.79. The Morgan fingerprint density at radius 1 is 1.24 bits per heavy atom. The van der Waals surface area contributed by atoms with Gasteiger partial charge in [0.1, 0.15) is 5.75 Å². The van der Waals surface area contributed by atoms with E-state index in [1.165, 1.54) is 12.0 Å². The topological polar surface area (TPSA) is 72.6 Å². The summed E-state index contributed by atoms with van der Waals surface area (Å²) < 4.78 is 5.17. The van der Waals surface area contributed by atoms with Crippen LogP contribution >= 0.6 is 0 Å². The van der Waals surface area contributed by atoms with E-state index in [1.54, 1.807) is 18.2 Å². The van der Waals surface area contributed by atoms with Crippen molar-refractivity contribution < 1.29 is 14.3 Å². The summed E-state index contributed by atoms with van der Waals surface area (Å²) in [6.45, 7) is 2.11. The van der Waals surface area contributed by atoms with Crippen molar-refractivity contribution in [3.8, 4) is 5.75 Å². The first-order valence-corrected chi connectivity index (χ1v) is 7.38. The summed E-state index contributed by atoms with van der Waals surface area (Å²) in [6, 6.07) is 5.02. The van der Waals surface area contributed by atoms with Crippen LogP contribution in [0.2, 0.25) is 0 Å². The molecule has 0 aromatic heterocycles. The van der Waals surface area contributed by atoms with Crippen LogP contribution in [0.1, 0.15) is 26.2 Å². The number of hydrogen-bond acceptors (Lipinski definition) is 4. The smallest absolute Gasteiger partial charge is 0.237 e. The second-order valence-electron chi connectivity index (χ2n) is 5.90. The summed E-state index contributed by atoms with van der Waals surface area (Å²) in [6.07, 6.45) is 2.69. The van der Waals surface area contributed by atoms with Gasteiger partial charge < -0.3 is 10.5 Å². The molecule has 1 saturated carbocycles. The SMILES string of the molecule is CCC1CC2C(=O)N(c3ccc(N)c(OC)c3)C(=O)C2C1. The molecule has 5 heteroatoms. The predicted molar refractivity (Wildman–Crippen MR) is 79.9 cm³/mol. The van der Waals surface area contributed by atoms with Crippen LogP contribution in [-0.2, 0) is 9.59 Å². The largest absolute Gasteiger partial charge is 0.495 e. The van der Waals surface area contributed by atoms with Gasteiger partial charge in [-0.05, 0) is 30.9 Å². The zero-order valence-corrected chi connectivity index (χ0v) is 12.3. The Morgan fingerprint density at radius 2 is 1.86 bits per heavy atom. The Hall–Kier alpha value is -2.04. The number of rotatable bonds is 3. The van der Waals surface area contributed by atoms with Gasteiger partial charge in [-0.1, -0.05) is 13.3 Å². The van der Waals surface area contributed by atoms with E-state index in [2.05, 4.69) is 6.92 Å². The average Bonchev–Trinajstić information content (AvgIpc) is 3.01. The highest BCUT2D eigenvalue weighted by atomic mass is 16.5. The Bertz CT molecular complexity index is 575. The first kappa shape index (κ1) is 13.9. The quantitative estimate of drug-likeness (QED) is 0.683. The molecule has 3 rings (SSSR count). The van der Waals surface area contributed by atoms with Gasteiger partial charge in [-0.15, -0.1) is 0 Å². The minimum absolute atomic E-state index is 0.0761. The van der Waals surface area contributed by atoms with Gasteiger partial charge in [0.05, 0.1) is 30.3 Å². The molecule has 2 amide bonds. The lowest BCUT2D eigenvalue weighted by Gasteiger charge is -2.18. The van der Waals surface area contributed by atoms with Gasteiger partial charge in [0.25, 0.3) is 0 Å². The van der Waals surface area contributed by atoms with E-state index >= 15 is 0 Å². The van der Waals surface area contributed by atoms with E-state index in [0.29, 0.717) is 23.0 Å². The molecule has 2 fully saturated rings. The van der Waals surface area contributed by atoms with E-state index in [9.17, 15) is 9.59 Å². The summed E-state index contributed by atoms with van der Waals surface area (Å²) in [5.41, 5.74) is 6.83. The van der Waals surface area contributed by atoms with Crippen LogP contribution in [0.5, 0.6) is 5.75 Å². The maximum Gasteiger partial charge on any atom is 0.237 e. The molecule has 2 N–H and O–H groups in total. The molecule has 112 valence electrons. The van der Waals surface area contributed by atoms with Gasteiger partial charge in [0, 0.05) is 6.07 Å². The summed E-state index contributed by atoms with van der Waals surface area (Å²) >= 11 is 0. The van der Waals surface area contributed by atoms with Gasteiger partial charge in [-0.2, -0.15) is 0 Å². The highest BCUT2D eigenvalue weighted by Crippen LogP contribution is 2.46. The van der Waals surface area contributed by atoms with Gasteiger partial charge >= 0.3 is 0 Å². The number of nitrogens with two attached hydrogens (primary N) is 1. The van der Waals surface area contributed by atoms with Crippen LogP contribution < -0.4 is 15.4 Å². The van der Waals surface area contributed by atoms with E-state index < -0.39 is 0 Å². The lowest BCUT2D eigenvalue weighted by molar-refractivity contribution is -0.123. The van der Waals surface area contributed by atoms with Crippen molar-refractivity contribution in [3.63, 3.8) is 0 Å². The van der Waals surface area contributed by atoms with Crippen LogP contribution in [0, 0.1) is 17.8 Å². The Labute approximate surface area is 124 Å². The normalized spacial score (nSPS) is 28.1. The van der Waals surface area contributed by atoms with Crippen molar-refractivity contribution in [1.29, 1.82) is 0 Å². The molecule has 0 bridgehead atoms. The lowest BCUT2D eigenvalue weighted by Crippen LogP contribution is -2.32. The molecule has 21 heavy (non-hydrogen) atoms. The number of benzene rings is 1. The molecule has 0 spiro atoms. The monoisotopic (exact) mass is 288 g/mol. The Kier molecular flexibility index (Phi) is 3.35. The first-order valence-electron chi connectivity index (χ1n) is 7.38. The van der Waals surface area contributed by atoms with Gasteiger partial charge in [-0.25, -0.2) is 4.90 Å². The van der Waals surface area contributed by atoms with Gasteiger partial charge in [0.15, 0.2) is 0 Å². The summed E-state index contributed by atoms with van der Waals surface area (Å²) in [4.78, 5) is 26.5. The van der Waals surface area contributed by atoms with E-state index in [1.807, 2.05) is 0 Å². The number of nitrogens with zero attached hydrogens (tertiary/aromatic N) is 1. The fourth-order valence-corrected chi connectivity index (χ4v) is 3.56. The molecule has 2 unspecified atom stereocenters. The molecule has 5 nitrogen and oxygen atoms in total. The number of amides is 2. The minimum atomic E-state index is -0.147. The van der Waals surface area contributed by atoms with Gasteiger partial charge in [-0.3, -0.25) is 9.59 Å². The number of fused-ring (bicyclic) bond motifs is 1. The number of ether oxygens (including phenoxy) is 1. The van der Waals surface area contributed by atoms with Crippen LogP contribution in [0.4, 0.5) is 11.4 Å². The number of carbonyl (C=O) groups excluding carboxylic acids is 2. The summed E-state index contributed by atoms with van der Waals surface area (Å²) in [5.74, 6) is 0.533. The molecule has 1 aromatic carbocycles. The lowest BCUT2D eigenvalue weighted by atomic mass is 10.00. The number of imide groups is 1. The number of methoxy groups -OCH3 is 1. The highest BCUT2D eigenvalue weighted by molar-refractivity contribution is 6.22. The van der Waals surface area contributed by atoms with Crippen molar-refractivity contribution in [3.05, 3.63) is 18.2 Å². The van der Waals surface area contributed by atoms with Gasteiger partial charge in [0.2, 0.25) is 11.8 Å². The molecule has 1 saturated heterocycles. The fraction of sp³-hybridized carbons (Fsp3) is 0.500. The number of hydrogen-bond donors (Lipinski definition) is 1. The van der Waals surface area contributed by atoms with Crippen molar-refractivity contribution in [2.75, 3.05) is 17.7 Å². The molecule has 0 radical (unpaired) electrons. The highest BCUT2D eigenvalue weighted by Gasteiger charge is 2.52. The third-order valence-electron chi connectivity index (χ3n) is 4.79. The van der Waals surface area contributed by atoms with E-state index in [-0.39, 0.29) is 23.7 Å². The number of anilines is 2. The van der Waals surface area contributed by atoms with Crippen LogP contribution in [-0.4, -0.2) is 18.9 Å². The first-order chi connectivity index (χ1) is 10.1. The molecule has 2 atom stereocenters. The number of carbonyl (C=O) groups is 2. The van der Waals surface area contributed by atoms with Crippen molar-refractivity contribution in [2.45, 2.75) is 26.2 Å². The third kappa shape index (κ3) is 2.07. The summed E-state index contributed by atoms with van der Waals surface area (Å²) in [7, 11) is 1.52. The van der Waals surface area contributed by atoms with E-state index in [0.717, 1.165) is 19.3 Å². The number of nitrogen functional groups attached to an aromatic ring is 1. The molecule has 1 aliphatic carbocycles. The van der Waals surface area contributed by atoms with Crippen LogP contribution in [0.3, 0.4) is 0 Å². The molecule has 1 aliphatic heterocycles. The molecular formula is C16H20N2O3. The average molecular weight is 288 g/mol. The summed E-state index contributed by atoms with van der Waals surface area (Å²) in [5, 5.41) is 0. The second-order valence-corrected chi connectivity index (χ2v) is 5.90. The zero-order valence-electron chi connectivity index (χ0n) is 12.3. The standard InChI is InChI=1S/C16H20N2O3/c1-3-9-6-11-12(7-9)16(20)18(15(11)19)10-4-5-13(17)14(8-10)21-2/h4-5,8-9,11-12H,3,6-7,17H2,1-2H3. The maximum absolute atomic E-state index is 12.6. The fourth-order valence-electron chi connectivity index (χ4n) is 3.56. The maximum atomic E-state index is 12.6. The minimum Gasteiger partial charge on any atom is -0.495 e. The Morgan fingerprint density at radius 3 is 2.38 bits per heavy atom. The second kappa shape index (κ2) is 5.06. The van der Waals surface area contributed by atoms with Crippen molar-refractivity contribution >= 4 is 23.2 Å². The van der Waals surface area contributed by atoms with Crippen molar-refractivity contribution in [2.24, 2.45) is 17.8 Å². The van der Waals surface area contributed by atoms with Crippen LogP contribution in [0.25, 0.3) is 0 Å². The Balaban J connectivity index is 1.91. The predicted octanol–water partition coefficient (Wildman–Crippen LogP) is 2.20. The van der Waals surface area contributed by atoms with Crippen LogP contribution in [0.15, 0.2) is 18.2 Å². The molecule has 1 aromatic rings. The molecule has 2 aliphatic rings. The molecular weight excluding hydrogens is 268 g/mol. The molecule has 1 heterocycles. The van der Waals surface area contributed by atoms with Crippen molar-refractivity contribution in [1.82, 2.24) is 0 Å². The van der Waals surface area contributed by atoms with E-state index in [4.69, 9.17) is 10.5 Å². The zero-order chi connectivity index (χ0) is 15.1.